The lowest BCUT2D eigenvalue weighted by Crippen LogP contribution is -2.48. The fourth-order valence-corrected chi connectivity index (χ4v) is 2.78. The molecule has 1 saturated carbocycles. The third kappa shape index (κ3) is 1.97. The molecule has 0 amide bonds. The Morgan fingerprint density at radius 2 is 2.38 bits per heavy atom. The van der Waals surface area contributed by atoms with Gasteiger partial charge in [-0.05, 0) is 50.9 Å². The Kier molecular flexibility index (Phi) is 3.26. The summed E-state index contributed by atoms with van der Waals surface area (Å²) in [5.74, 6) is 0.625. The van der Waals surface area contributed by atoms with Gasteiger partial charge in [0.2, 0.25) is 0 Å². The van der Waals surface area contributed by atoms with Gasteiger partial charge >= 0.3 is 0 Å². The molecule has 2 atom stereocenters. The summed E-state index contributed by atoms with van der Waals surface area (Å²) >= 11 is 0. The van der Waals surface area contributed by atoms with E-state index < -0.39 is 0 Å². The summed E-state index contributed by atoms with van der Waals surface area (Å²) < 4.78 is 0. The number of rotatable bonds is 3. The Bertz CT molecular complexity index is 336. The predicted molar refractivity (Wildman–Crippen MR) is 66.3 cm³/mol. The quantitative estimate of drug-likeness (QED) is 0.839. The molecule has 1 aliphatic carbocycles. The van der Waals surface area contributed by atoms with Gasteiger partial charge in [-0.15, -0.1) is 0 Å². The van der Waals surface area contributed by atoms with Crippen LogP contribution in [-0.4, -0.2) is 36.1 Å². The van der Waals surface area contributed by atoms with Crippen molar-refractivity contribution in [3.05, 3.63) is 30.1 Å². The Balaban J connectivity index is 2.14. The van der Waals surface area contributed by atoms with Crippen LogP contribution in [0.25, 0.3) is 0 Å². The fourth-order valence-electron chi connectivity index (χ4n) is 2.78. The predicted octanol–water partition coefficient (Wildman–Crippen LogP) is 1.61. The van der Waals surface area contributed by atoms with E-state index in [9.17, 15) is 0 Å². The Morgan fingerprint density at radius 1 is 1.56 bits per heavy atom. The number of pyridine rings is 1. The molecule has 16 heavy (non-hydrogen) atoms. The lowest BCUT2D eigenvalue weighted by atomic mass is 9.92. The molecule has 1 aliphatic rings. The maximum absolute atomic E-state index is 5.95. The van der Waals surface area contributed by atoms with Gasteiger partial charge in [-0.3, -0.25) is 4.98 Å². The second-order valence-corrected chi connectivity index (χ2v) is 5.05. The maximum Gasteiger partial charge on any atom is 0.0331 e. The van der Waals surface area contributed by atoms with Crippen LogP contribution in [0.15, 0.2) is 24.5 Å². The molecule has 1 fully saturated rings. The van der Waals surface area contributed by atoms with Gasteiger partial charge in [0.1, 0.15) is 0 Å². The summed E-state index contributed by atoms with van der Waals surface area (Å²) in [5.41, 5.74) is 7.51. The number of hydrogen-bond acceptors (Lipinski definition) is 3. The average Bonchev–Trinajstić information content (AvgIpc) is 2.76. The first-order chi connectivity index (χ1) is 7.68. The highest BCUT2D eigenvalue weighted by Crippen LogP contribution is 2.42. The van der Waals surface area contributed by atoms with E-state index in [1.165, 1.54) is 18.4 Å². The SMILES string of the molecule is CN(C)C1(CN)CCC(c2cccnc2)C1. The largest absolute Gasteiger partial charge is 0.329 e. The van der Waals surface area contributed by atoms with Crippen LogP contribution in [0.5, 0.6) is 0 Å². The first-order valence-electron chi connectivity index (χ1n) is 5.95. The van der Waals surface area contributed by atoms with Gasteiger partial charge in [0.05, 0.1) is 0 Å². The zero-order valence-corrected chi connectivity index (χ0v) is 10.2. The highest BCUT2D eigenvalue weighted by Gasteiger charge is 2.40. The highest BCUT2D eigenvalue weighted by molar-refractivity contribution is 5.19. The number of nitrogens with two attached hydrogens (primary N) is 1. The Hall–Kier alpha value is -0.930. The van der Waals surface area contributed by atoms with Crippen molar-refractivity contribution < 1.29 is 0 Å². The maximum atomic E-state index is 5.95. The van der Waals surface area contributed by atoms with E-state index in [1.807, 2.05) is 18.5 Å². The van der Waals surface area contributed by atoms with Crippen LogP contribution in [0.3, 0.4) is 0 Å². The minimum atomic E-state index is 0.195. The molecule has 0 aromatic carbocycles. The van der Waals surface area contributed by atoms with Crippen molar-refractivity contribution in [1.29, 1.82) is 0 Å². The average molecular weight is 219 g/mol. The molecule has 1 aromatic rings. The number of nitrogens with zero attached hydrogens (tertiary/aromatic N) is 2. The van der Waals surface area contributed by atoms with Crippen LogP contribution >= 0.6 is 0 Å². The summed E-state index contributed by atoms with van der Waals surface area (Å²) in [4.78, 5) is 6.50. The van der Waals surface area contributed by atoms with Gasteiger partial charge in [-0.2, -0.15) is 0 Å². The zero-order chi connectivity index (χ0) is 11.6. The normalized spacial score (nSPS) is 29.9. The zero-order valence-electron chi connectivity index (χ0n) is 10.2. The van der Waals surface area contributed by atoms with Gasteiger partial charge < -0.3 is 10.6 Å². The summed E-state index contributed by atoms with van der Waals surface area (Å²) in [6, 6.07) is 4.20. The molecular weight excluding hydrogens is 198 g/mol. The van der Waals surface area contributed by atoms with Crippen molar-refractivity contribution in [2.24, 2.45) is 5.73 Å². The monoisotopic (exact) mass is 219 g/mol. The molecule has 0 radical (unpaired) electrons. The summed E-state index contributed by atoms with van der Waals surface area (Å²) in [6.07, 6.45) is 7.40. The molecule has 1 aromatic heterocycles. The third-order valence-corrected chi connectivity index (χ3v) is 4.07. The lowest BCUT2D eigenvalue weighted by molar-refractivity contribution is 0.165. The van der Waals surface area contributed by atoms with Crippen LogP contribution in [0.2, 0.25) is 0 Å². The van der Waals surface area contributed by atoms with E-state index in [-0.39, 0.29) is 5.54 Å². The molecule has 88 valence electrons. The molecular formula is C13H21N3. The van der Waals surface area contributed by atoms with Gasteiger partial charge in [-0.25, -0.2) is 0 Å². The van der Waals surface area contributed by atoms with Crippen molar-refractivity contribution in [3.63, 3.8) is 0 Å². The van der Waals surface area contributed by atoms with E-state index >= 15 is 0 Å². The number of hydrogen-bond donors (Lipinski definition) is 1. The van der Waals surface area contributed by atoms with Gasteiger partial charge in [0.25, 0.3) is 0 Å². The molecule has 0 bridgehead atoms. The van der Waals surface area contributed by atoms with Crippen LogP contribution in [0.4, 0.5) is 0 Å². The van der Waals surface area contributed by atoms with Gasteiger partial charge in [0.15, 0.2) is 0 Å². The van der Waals surface area contributed by atoms with Gasteiger partial charge in [-0.1, -0.05) is 6.07 Å². The number of aromatic nitrogens is 1. The lowest BCUT2D eigenvalue weighted by Gasteiger charge is -2.35. The highest BCUT2D eigenvalue weighted by atomic mass is 15.2. The standard InChI is InChI=1S/C13H21N3/c1-16(2)13(10-14)6-5-11(8-13)12-4-3-7-15-9-12/h3-4,7,9,11H,5-6,8,10,14H2,1-2H3. The van der Waals surface area contributed by atoms with Crippen molar-refractivity contribution >= 4 is 0 Å². The Labute approximate surface area is 97.7 Å². The number of likely N-dealkylation sites (N-methyl/N-ethyl adjacent to an activating group) is 1. The molecule has 2 N–H and O–H groups in total. The smallest absolute Gasteiger partial charge is 0.0331 e. The van der Waals surface area contributed by atoms with Crippen molar-refractivity contribution in [1.82, 2.24) is 9.88 Å². The molecule has 0 spiro atoms. The van der Waals surface area contributed by atoms with Crippen LogP contribution in [0, 0.1) is 0 Å². The summed E-state index contributed by atoms with van der Waals surface area (Å²) in [7, 11) is 4.27. The summed E-state index contributed by atoms with van der Waals surface area (Å²) in [6.45, 7) is 0.747. The molecule has 2 rings (SSSR count). The first kappa shape index (κ1) is 11.6. The van der Waals surface area contributed by atoms with E-state index in [2.05, 4.69) is 30.0 Å². The van der Waals surface area contributed by atoms with E-state index in [1.54, 1.807) is 0 Å². The Morgan fingerprint density at radius 3 is 2.88 bits per heavy atom. The van der Waals surface area contributed by atoms with Gasteiger partial charge in [0, 0.05) is 24.5 Å². The second kappa shape index (κ2) is 4.52. The molecule has 2 unspecified atom stereocenters. The third-order valence-electron chi connectivity index (χ3n) is 4.07. The molecule has 3 heteroatoms. The van der Waals surface area contributed by atoms with E-state index in [0.29, 0.717) is 5.92 Å². The molecule has 0 saturated heterocycles. The van der Waals surface area contributed by atoms with E-state index in [0.717, 1.165) is 13.0 Å². The van der Waals surface area contributed by atoms with E-state index in [4.69, 9.17) is 5.73 Å². The first-order valence-corrected chi connectivity index (χ1v) is 5.95. The topological polar surface area (TPSA) is 42.1 Å². The fraction of sp³-hybridized carbons (Fsp3) is 0.615. The van der Waals surface area contributed by atoms with Crippen molar-refractivity contribution in [2.75, 3.05) is 20.6 Å². The minimum Gasteiger partial charge on any atom is -0.329 e. The van der Waals surface area contributed by atoms with Crippen molar-refractivity contribution in [3.8, 4) is 0 Å². The molecule has 3 nitrogen and oxygen atoms in total. The van der Waals surface area contributed by atoms with Crippen LogP contribution < -0.4 is 5.73 Å². The van der Waals surface area contributed by atoms with Crippen LogP contribution in [-0.2, 0) is 0 Å². The van der Waals surface area contributed by atoms with Crippen molar-refractivity contribution in [2.45, 2.75) is 30.7 Å². The molecule has 0 aliphatic heterocycles. The second-order valence-electron chi connectivity index (χ2n) is 5.05. The van der Waals surface area contributed by atoms with Crippen LogP contribution in [0.1, 0.15) is 30.7 Å². The summed E-state index contributed by atoms with van der Waals surface area (Å²) in [5, 5.41) is 0. The minimum absolute atomic E-state index is 0.195. The molecule has 1 heterocycles.